The van der Waals surface area contributed by atoms with E-state index in [1.807, 2.05) is 25.7 Å². The number of carbonyl (C=O) groups is 4. The third-order valence-corrected chi connectivity index (χ3v) is 13.7. The van der Waals surface area contributed by atoms with E-state index in [0.29, 0.717) is 31.0 Å². The van der Waals surface area contributed by atoms with Crippen molar-refractivity contribution in [3.05, 3.63) is 24.3 Å². The van der Waals surface area contributed by atoms with Gasteiger partial charge in [-0.05, 0) is 119 Å². The van der Waals surface area contributed by atoms with Crippen LogP contribution >= 0.6 is 21.6 Å². The molecule has 2 atom stereocenters. The molecule has 0 fully saturated rings. The molecule has 12 heteroatoms. The molecule has 0 aliphatic heterocycles. The Morgan fingerprint density at radius 3 is 1.12 bits per heavy atom. The van der Waals surface area contributed by atoms with Crippen molar-refractivity contribution < 1.29 is 33.8 Å². The highest BCUT2D eigenvalue weighted by molar-refractivity contribution is 8.76. The second-order valence-electron chi connectivity index (χ2n) is 20.2. The molecule has 66 heavy (non-hydrogen) atoms. The van der Waals surface area contributed by atoms with Crippen molar-refractivity contribution in [2.24, 2.45) is 0 Å². The van der Waals surface area contributed by atoms with Gasteiger partial charge in [0.2, 0.25) is 5.91 Å². The summed E-state index contributed by atoms with van der Waals surface area (Å²) in [4.78, 5) is 53.4. The van der Waals surface area contributed by atoms with Crippen molar-refractivity contribution >= 4 is 45.7 Å². The van der Waals surface area contributed by atoms with Crippen LogP contribution in [-0.2, 0) is 19.1 Å². The first-order valence-electron chi connectivity index (χ1n) is 26.6. The summed E-state index contributed by atoms with van der Waals surface area (Å²) in [7, 11) is 3.00. The third-order valence-electron chi connectivity index (χ3n) is 11.2. The van der Waals surface area contributed by atoms with Crippen LogP contribution in [0.4, 0.5) is 9.59 Å². The predicted octanol–water partition coefficient (Wildman–Crippen LogP) is 15.9. The minimum absolute atomic E-state index is 0.0699. The van der Waals surface area contributed by atoms with Gasteiger partial charge in [0.15, 0.2) is 0 Å². The van der Waals surface area contributed by atoms with Crippen molar-refractivity contribution in [3.63, 3.8) is 0 Å². The lowest BCUT2D eigenvalue weighted by Crippen LogP contribution is -2.50. The molecular formula is C54H101N3O7S2. The van der Waals surface area contributed by atoms with E-state index >= 15 is 0 Å². The molecule has 386 valence electrons. The number of rotatable bonds is 43. The average molecular weight is 969 g/mol. The fraction of sp³-hybridized carbons (Fsp3) is 0.852. The number of amides is 3. The highest BCUT2D eigenvalue weighted by Gasteiger charge is 2.28. The maximum Gasteiger partial charge on any atom is 0.408 e. The number of carboxylic acids is 1. The maximum atomic E-state index is 14.3. The molecule has 0 bridgehead atoms. The molecule has 0 saturated heterocycles. The van der Waals surface area contributed by atoms with E-state index in [1.165, 1.54) is 150 Å². The number of hydrogen-bond acceptors (Lipinski definition) is 8. The Hall–Kier alpha value is -2.34. The highest BCUT2D eigenvalue weighted by atomic mass is 33.1. The van der Waals surface area contributed by atoms with E-state index in [4.69, 9.17) is 9.47 Å². The van der Waals surface area contributed by atoms with Crippen LogP contribution in [0.3, 0.4) is 0 Å². The molecule has 0 aromatic heterocycles. The number of carbonyl (C=O) groups excluding carboxylic acids is 3. The van der Waals surface area contributed by atoms with Crippen LogP contribution in [0.5, 0.6) is 0 Å². The van der Waals surface area contributed by atoms with Gasteiger partial charge >= 0.3 is 18.2 Å². The summed E-state index contributed by atoms with van der Waals surface area (Å²) >= 11 is 0. The second-order valence-corrected chi connectivity index (χ2v) is 22.9. The monoisotopic (exact) mass is 968 g/mol. The van der Waals surface area contributed by atoms with Gasteiger partial charge in [-0.1, -0.05) is 175 Å². The van der Waals surface area contributed by atoms with Gasteiger partial charge in [0.25, 0.3) is 0 Å². The number of hydrogen-bond donors (Lipinski definition) is 3. The fourth-order valence-electron chi connectivity index (χ4n) is 7.52. The van der Waals surface area contributed by atoms with Crippen molar-refractivity contribution in [1.29, 1.82) is 0 Å². The van der Waals surface area contributed by atoms with Crippen LogP contribution in [0.2, 0.25) is 0 Å². The van der Waals surface area contributed by atoms with E-state index in [2.05, 4.69) is 48.8 Å². The normalized spacial score (nSPS) is 13.0. The first kappa shape index (κ1) is 63.7. The summed E-state index contributed by atoms with van der Waals surface area (Å²) in [5, 5.41) is 15.0. The highest BCUT2D eigenvalue weighted by Crippen LogP contribution is 2.25. The van der Waals surface area contributed by atoms with Crippen LogP contribution in [0.15, 0.2) is 24.3 Å². The minimum Gasteiger partial charge on any atom is -0.480 e. The van der Waals surface area contributed by atoms with Crippen LogP contribution in [0.25, 0.3) is 0 Å². The lowest BCUT2D eigenvalue weighted by Gasteiger charge is -2.29. The number of nitrogens with zero attached hydrogens (tertiary/aromatic N) is 1. The average Bonchev–Trinajstić information content (AvgIpc) is 3.24. The number of unbranched alkanes of at least 4 members (excludes halogenated alkanes) is 24. The molecule has 0 aliphatic rings. The van der Waals surface area contributed by atoms with Gasteiger partial charge in [-0.3, -0.25) is 4.79 Å². The zero-order chi connectivity index (χ0) is 49.2. The lowest BCUT2D eigenvalue weighted by atomic mass is 10.1. The van der Waals surface area contributed by atoms with Crippen molar-refractivity contribution in [3.8, 4) is 0 Å². The quantitative estimate of drug-likeness (QED) is 0.0310. The Bertz CT molecular complexity index is 1230. The van der Waals surface area contributed by atoms with Crippen molar-refractivity contribution in [2.75, 3.05) is 24.6 Å². The number of carboxylic acid groups (broad SMARTS) is 1. The topological polar surface area (TPSA) is 134 Å². The zero-order valence-electron chi connectivity index (χ0n) is 43.7. The van der Waals surface area contributed by atoms with E-state index in [9.17, 15) is 24.3 Å². The summed E-state index contributed by atoms with van der Waals surface area (Å²) in [5.74, 6) is -0.167. The molecule has 0 aliphatic carbocycles. The Balaban J connectivity index is 5.22. The molecule has 0 saturated carbocycles. The van der Waals surface area contributed by atoms with Crippen LogP contribution in [-0.4, -0.2) is 82.0 Å². The van der Waals surface area contributed by atoms with Gasteiger partial charge in [0, 0.05) is 24.6 Å². The molecule has 3 amide bonds. The minimum atomic E-state index is -1.12. The summed E-state index contributed by atoms with van der Waals surface area (Å²) < 4.78 is 10.8. The van der Waals surface area contributed by atoms with E-state index in [1.54, 1.807) is 20.8 Å². The van der Waals surface area contributed by atoms with Crippen LogP contribution in [0.1, 0.15) is 248 Å². The number of alkyl carbamates (subject to hydrolysis) is 2. The van der Waals surface area contributed by atoms with E-state index in [-0.39, 0.29) is 12.3 Å². The Morgan fingerprint density at radius 2 is 0.788 bits per heavy atom. The van der Waals surface area contributed by atoms with E-state index in [0.717, 1.165) is 51.4 Å². The molecular weight excluding hydrogens is 867 g/mol. The van der Waals surface area contributed by atoms with Gasteiger partial charge in [0.05, 0.1) is 0 Å². The third kappa shape index (κ3) is 43.0. The second kappa shape index (κ2) is 42.7. The SMILES string of the molecule is CCCCCCCC/C=C\CCCCCCCCN(CCCCCCCC/C=C\CCCCCCCC)C(=O)[C@H](CCSSCC[C@H](NC(=O)OC(C)(C)C)C(=O)O)NC(=O)OC(C)(C)C. The van der Waals surface area contributed by atoms with E-state index < -0.39 is 41.4 Å². The van der Waals surface area contributed by atoms with Crippen LogP contribution in [0, 0.1) is 0 Å². The first-order chi connectivity index (χ1) is 31.6. The van der Waals surface area contributed by atoms with Crippen molar-refractivity contribution in [1.82, 2.24) is 15.5 Å². The Morgan fingerprint density at radius 1 is 0.485 bits per heavy atom. The molecule has 0 aromatic carbocycles. The van der Waals surface area contributed by atoms with Gasteiger partial charge < -0.3 is 30.1 Å². The molecule has 0 aromatic rings. The van der Waals surface area contributed by atoms with Crippen LogP contribution < -0.4 is 10.6 Å². The zero-order valence-corrected chi connectivity index (χ0v) is 45.3. The van der Waals surface area contributed by atoms with Gasteiger partial charge in [-0.2, -0.15) is 0 Å². The van der Waals surface area contributed by atoms with Gasteiger partial charge in [-0.25, -0.2) is 14.4 Å². The molecule has 0 unspecified atom stereocenters. The molecule has 0 radical (unpaired) electrons. The summed E-state index contributed by atoms with van der Waals surface area (Å²) in [6.45, 7) is 16.5. The molecule has 10 nitrogen and oxygen atoms in total. The summed E-state index contributed by atoms with van der Waals surface area (Å²) in [6.07, 6.45) is 43.2. The smallest absolute Gasteiger partial charge is 0.408 e. The fourth-order valence-corrected chi connectivity index (χ4v) is 9.70. The Kier molecular flexibility index (Phi) is 41.2. The standard InChI is InChI=1S/C54H101N3O7S2/c1-9-11-13-15-17-19-21-23-25-27-29-31-33-35-37-39-43-57(44-40-38-36-34-32-30-28-26-24-22-20-18-16-14-12-10-2)49(58)47(55-51(61)63-53(3,4)5)41-45-65-66-46-42-48(50(59)60)56-52(62)64-54(6,7)8/h23-26,47-48H,9-22,27-46H2,1-8H3,(H,55,61)(H,56,62)(H,59,60)/b25-23-,26-24-/t47-,48-/m0/s1. The molecule has 0 spiro atoms. The Labute approximate surface area is 413 Å². The number of ether oxygens (including phenoxy) is 2. The van der Waals surface area contributed by atoms with Gasteiger partial charge in [-0.15, -0.1) is 0 Å². The first-order valence-corrected chi connectivity index (χ1v) is 29.1. The molecule has 3 N–H and O–H groups in total. The summed E-state index contributed by atoms with van der Waals surface area (Å²) in [5.41, 5.74) is -1.44. The number of aliphatic carboxylic acids is 1. The summed E-state index contributed by atoms with van der Waals surface area (Å²) in [6, 6.07) is -1.81. The van der Waals surface area contributed by atoms with Gasteiger partial charge in [0.1, 0.15) is 23.3 Å². The lowest BCUT2D eigenvalue weighted by molar-refractivity contribution is -0.139. The largest absolute Gasteiger partial charge is 0.480 e. The number of nitrogens with one attached hydrogen (secondary N) is 2. The maximum absolute atomic E-state index is 14.3. The molecule has 0 heterocycles. The van der Waals surface area contributed by atoms with Crippen molar-refractivity contribution in [2.45, 2.75) is 271 Å². The molecule has 0 rings (SSSR count). The predicted molar refractivity (Wildman–Crippen MR) is 284 cm³/mol. The number of allylic oxidation sites excluding steroid dienone is 4.